The first-order valence-corrected chi connectivity index (χ1v) is 17.1. The van der Waals surface area contributed by atoms with Crippen molar-refractivity contribution in [2.24, 2.45) is 23.7 Å². The third kappa shape index (κ3) is 5.97. The van der Waals surface area contributed by atoms with Crippen LogP contribution in [0.4, 0.5) is 4.79 Å². The Labute approximate surface area is 263 Å². The van der Waals surface area contributed by atoms with E-state index < -0.39 is 0 Å². The number of carbonyl (C=O) groups excluding carboxylic acids is 2. The van der Waals surface area contributed by atoms with Gasteiger partial charge in [0.25, 0.3) is 5.91 Å². The Bertz CT molecular complexity index is 1240. The van der Waals surface area contributed by atoms with Gasteiger partial charge in [0.15, 0.2) is 0 Å². The van der Waals surface area contributed by atoms with Gasteiger partial charge in [-0.1, -0.05) is 19.8 Å². The molecule has 1 spiro atoms. The molecule has 1 unspecified atom stereocenters. The van der Waals surface area contributed by atoms with E-state index in [0.717, 1.165) is 109 Å². The van der Waals surface area contributed by atoms with Gasteiger partial charge < -0.3 is 19.3 Å². The molecule has 44 heavy (non-hydrogen) atoms. The largest absolute Gasteiger partial charge is 0.442 e. The molecule has 9 nitrogen and oxygen atoms in total. The minimum absolute atomic E-state index is 0.0520. The number of amides is 2. The van der Waals surface area contributed by atoms with Gasteiger partial charge in [0.05, 0.1) is 11.3 Å². The van der Waals surface area contributed by atoms with E-state index in [4.69, 9.17) is 9.47 Å². The smallest absolute Gasteiger partial charge is 0.410 e. The summed E-state index contributed by atoms with van der Waals surface area (Å²) in [5, 5.41) is 9.25. The molecule has 9 heteroatoms. The Balaban J connectivity index is 1.07. The van der Waals surface area contributed by atoms with Crippen molar-refractivity contribution < 1.29 is 19.1 Å². The molecule has 1 aromatic rings. The van der Waals surface area contributed by atoms with Crippen LogP contribution in [0.15, 0.2) is 6.07 Å². The molecule has 2 amide bonds. The third-order valence-electron chi connectivity index (χ3n) is 11.8. The van der Waals surface area contributed by atoms with Crippen LogP contribution in [0.25, 0.3) is 0 Å². The summed E-state index contributed by atoms with van der Waals surface area (Å²) in [6, 6.07) is 3.81. The molecule has 1 aromatic heterocycles. The molecule has 6 rings (SSSR count). The van der Waals surface area contributed by atoms with Crippen LogP contribution in [-0.4, -0.2) is 95.3 Å². The van der Waals surface area contributed by atoms with Crippen LogP contribution >= 0.6 is 0 Å². The molecule has 0 N–H and O–H groups in total. The minimum atomic E-state index is -0.339. The van der Waals surface area contributed by atoms with Gasteiger partial charge in [0, 0.05) is 76.8 Å². The molecule has 0 radical (unpaired) electrons. The summed E-state index contributed by atoms with van der Waals surface area (Å²) in [4.78, 5) is 38.0. The fourth-order valence-corrected chi connectivity index (χ4v) is 9.37. The average molecular weight is 606 g/mol. The fourth-order valence-electron chi connectivity index (χ4n) is 9.37. The van der Waals surface area contributed by atoms with Crippen LogP contribution in [0.1, 0.15) is 98.9 Å². The number of pyridine rings is 1. The lowest BCUT2D eigenvalue weighted by Gasteiger charge is -2.53. The van der Waals surface area contributed by atoms with Crippen LogP contribution in [0, 0.1) is 48.9 Å². The molecule has 1 saturated carbocycles. The molecule has 1 aliphatic carbocycles. The molecule has 4 aliphatic heterocycles. The summed E-state index contributed by atoms with van der Waals surface area (Å²) < 4.78 is 12.0. The number of ether oxygens (including phenoxy) is 2. The number of nitrogens with zero attached hydrogens (tertiary/aromatic N) is 5. The summed E-state index contributed by atoms with van der Waals surface area (Å²) in [7, 11) is 0. The number of nitriles is 1. The molecule has 240 valence electrons. The van der Waals surface area contributed by atoms with E-state index in [0.29, 0.717) is 40.6 Å². The molecule has 0 bridgehead atoms. The molecule has 5 heterocycles. The summed E-state index contributed by atoms with van der Waals surface area (Å²) in [6.07, 6.45) is 9.42. The highest BCUT2D eigenvalue weighted by molar-refractivity contribution is 5.97. The fraction of sp³-hybridized carbons (Fsp3) is 0.771. The standard InChI is InChI=1S/C35H51N5O4/c1-5-6-7-29-23-39(20-26-8-14-43-15-9-26)33(42)44-35(29)10-12-40(13-11-35)34(4)17-27-21-38(22-28(27)18-34)32(41)31-24(2)16-30(19-36)37-25(31)3/h16,26-29H,5-15,17-18,20-23H2,1-4H3/t27-,28+,29-,34?/m0/s1. The second-order valence-electron chi connectivity index (χ2n) is 14.8. The Morgan fingerprint density at radius 2 is 1.80 bits per heavy atom. The van der Waals surface area contributed by atoms with Crippen molar-refractivity contribution in [2.45, 2.75) is 96.6 Å². The number of piperidine rings is 1. The zero-order valence-electron chi connectivity index (χ0n) is 27.3. The number of carbonyl (C=O) groups is 2. The maximum Gasteiger partial charge on any atom is 0.410 e. The van der Waals surface area contributed by atoms with Crippen molar-refractivity contribution in [3.63, 3.8) is 0 Å². The van der Waals surface area contributed by atoms with Crippen LogP contribution in [0.3, 0.4) is 0 Å². The lowest BCUT2D eigenvalue weighted by Crippen LogP contribution is -2.62. The minimum Gasteiger partial charge on any atom is -0.442 e. The molecule has 5 fully saturated rings. The number of rotatable bonds is 7. The van der Waals surface area contributed by atoms with Gasteiger partial charge in [-0.05, 0) is 82.3 Å². The van der Waals surface area contributed by atoms with Crippen molar-refractivity contribution >= 4 is 12.0 Å². The summed E-state index contributed by atoms with van der Waals surface area (Å²) in [5.41, 5.74) is 2.26. The molecule has 4 saturated heterocycles. The number of fused-ring (bicyclic) bond motifs is 1. The van der Waals surface area contributed by atoms with Gasteiger partial charge in [-0.15, -0.1) is 0 Å². The molecule has 5 aliphatic rings. The number of hydrogen-bond acceptors (Lipinski definition) is 7. The van der Waals surface area contributed by atoms with Crippen molar-refractivity contribution in [1.82, 2.24) is 19.7 Å². The number of hydrogen-bond donors (Lipinski definition) is 0. The highest BCUT2D eigenvalue weighted by atomic mass is 16.6. The predicted molar refractivity (Wildman–Crippen MR) is 167 cm³/mol. The Kier molecular flexibility index (Phi) is 8.96. The lowest BCUT2D eigenvalue weighted by molar-refractivity contribution is -0.132. The normalized spacial score (nSPS) is 30.8. The van der Waals surface area contributed by atoms with Gasteiger partial charge in [-0.25, -0.2) is 9.78 Å². The van der Waals surface area contributed by atoms with Crippen LogP contribution in [-0.2, 0) is 9.47 Å². The zero-order valence-corrected chi connectivity index (χ0v) is 27.3. The topological polar surface area (TPSA) is 99.0 Å². The van der Waals surface area contributed by atoms with E-state index >= 15 is 0 Å². The molecule has 4 atom stereocenters. The number of unbranched alkanes of at least 4 members (excludes halogenated alkanes) is 1. The SMILES string of the molecule is CCCC[C@H]1CN(CC2CCOCC2)C(=O)OC12CCN(C1(C)C[C@H]3CN(C(=O)c4c(C)cc(C#N)nc4C)C[C@H]3C1)CC2. The highest BCUT2D eigenvalue weighted by Crippen LogP contribution is 2.50. The van der Waals surface area contributed by atoms with E-state index in [2.05, 4.69) is 29.8 Å². The van der Waals surface area contributed by atoms with Crippen LogP contribution < -0.4 is 0 Å². The first-order chi connectivity index (χ1) is 21.1. The summed E-state index contributed by atoms with van der Waals surface area (Å²) >= 11 is 0. The predicted octanol–water partition coefficient (Wildman–Crippen LogP) is 5.33. The summed E-state index contributed by atoms with van der Waals surface area (Å²) in [5.74, 6) is 1.95. The van der Waals surface area contributed by atoms with Gasteiger partial charge >= 0.3 is 6.09 Å². The first kappa shape index (κ1) is 31.3. The second-order valence-corrected chi connectivity index (χ2v) is 14.8. The van der Waals surface area contributed by atoms with E-state index in [1.54, 1.807) is 6.07 Å². The number of likely N-dealkylation sites (tertiary alicyclic amines) is 2. The van der Waals surface area contributed by atoms with Crippen molar-refractivity contribution in [2.75, 3.05) is 52.5 Å². The quantitative estimate of drug-likeness (QED) is 0.414. The van der Waals surface area contributed by atoms with Crippen LogP contribution in [0.2, 0.25) is 0 Å². The summed E-state index contributed by atoms with van der Waals surface area (Å²) in [6.45, 7) is 15.1. The lowest BCUT2D eigenvalue weighted by atomic mass is 9.74. The Morgan fingerprint density at radius 3 is 2.41 bits per heavy atom. The first-order valence-electron chi connectivity index (χ1n) is 17.1. The maximum atomic E-state index is 13.6. The van der Waals surface area contributed by atoms with Crippen LogP contribution in [0.5, 0.6) is 0 Å². The third-order valence-corrected chi connectivity index (χ3v) is 11.8. The molecular weight excluding hydrogens is 554 g/mol. The Hall–Kier alpha value is -2.70. The van der Waals surface area contributed by atoms with Gasteiger partial charge in [0.1, 0.15) is 17.4 Å². The maximum absolute atomic E-state index is 13.6. The Morgan fingerprint density at radius 1 is 1.11 bits per heavy atom. The molecular formula is C35H51N5O4. The van der Waals surface area contributed by atoms with E-state index in [1.165, 1.54) is 6.42 Å². The monoisotopic (exact) mass is 605 g/mol. The van der Waals surface area contributed by atoms with Crippen molar-refractivity contribution in [1.29, 1.82) is 5.26 Å². The molecule has 0 aromatic carbocycles. The number of aryl methyl sites for hydroxylation is 2. The number of aromatic nitrogens is 1. The highest BCUT2D eigenvalue weighted by Gasteiger charge is 2.55. The van der Waals surface area contributed by atoms with E-state index in [-0.39, 0.29) is 23.1 Å². The van der Waals surface area contributed by atoms with Gasteiger partial charge in [-0.3, -0.25) is 9.69 Å². The second kappa shape index (κ2) is 12.6. The average Bonchev–Trinajstić information content (AvgIpc) is 3.54. The van der Waals surface area contributed by atoms with E-state index in [9.17, 15) is 14.9 Å². The van der Waals surface area contributed by atoms with E-state index in [1.807, 2.05) is 23.6 Å². The van der Waals surface area contributed by atoms with Gasteiger partial charge in [0.2, 0.25) is 0 Å². The van der Waals surface area contributed by atoms with Gasteiger partial charge in [-0.2, -0.15) is 5.26 Å². The zero-order chi connectivity index (χ0) is 31.1. The van der Waals surface area contributed by atoms with Crippen molar-refractivity contribution in [3.05, 3.63) is 28.6 Å². The van der Waals surface area contributed by atoms with Crippen molar-refractivity contribution in [3.8, 4) is 6.07 Å².